The van der Waals surface area contributed by atoms with Gasteiger partial charge in [-0.05, 0) is 25.1 Å². The first-order valence-corrected chi connectivity index (χ1v) is 6.16. The molecule has 1 N–H and O–H groups in total. The van der Waals surface area contributed by atoms with Crippen LogP contribution in [0.4, 0.5) is 0 Å². The summed E-state index contributed by atoms with van der Waals surface area (Å²) >= 11 is 0. The van der Waals surface area contributed by atoms with Crippen molar-refractivity contribution < 1.29 is 0 Å². The van der Waals surface area contributed by atoms with Gasteiger partial charge in [-0.2, -0.15) is 0 Å². The zero-order chi connectivity index (χ0) is 10.9. The van der Waals surface area contributed by atoms with Crippen LogP contribution in [-0.4, -0.2) is 11.6 Å². The van der Waals surface area contributed by atoms with Gasteiger partial charge in [-0.3, -0.25) is 0 Å². The molecule has 0 aliphatic carbocycles. The first-order valence-electron chi connectivity index (χ1n) is 6.16. The maximum Gasteiger partial charge on any atom is 0.0219 e. The summed E-state index contributed by atoms with van der Waals surface area (Å²) in [5.41, 5.74) is 1.38. The van der Waals surface area contributed by atoms with Crippen molar-refractivity contribution >= 4 is 0 Å². The quantitative estimate of drug-likeness (QED) is 0.649. The van der Waals surface area contributed by atoms with Crippen LogP contribution in [-0.2, 0) is 13.1 Å². The molecular formula is C13H24N2. The smallest absolute Gasteiger partial charge is 0.0219 e. The number of nitrogens with zero attached hydrogens (tertiary/aromatic N) is 1. The average molecular weight is 208 g/mol. The zero-order valence-corrected chi connectivity index (χ0v) is 10.1. The van der Waals surface area contributed by atoms with E-state index in [1.807, 2.05) is 7.05 Å². The third kappa shape index (κ3) is 5.03. The molecule has 1 rings (SSSR count). The molecular weight excluding hydrogens is 184 g/mol. The predicted molar refractivity (Wildman–Crippen MR) is 66.0 cm³/mol. The SMILES string of the molecule is CCCCCCCn1ccc(CNC)c1. The normalized spacial score (nSPS) is 10.8. The van der Waals surface area contributed by atoms with E-state index in [9.17, 15) is 0 Å². The van der Waals surface area contributed by atoms with Crippen LogP contribution in [0.1, 0.15) is 44.6 Å². The summed E-state index contributed by atoms with van der Waals surface area (Å²) in [5.74, 6) is 0. The number of rotatable bonds is 8. The van der Waals surface area contributed by atoms with Crippen molar-refractivity contribution in [2.75, 3.05) is 7.05 Å². The molecule has 0 saturated heterocycles. The molecule has 0 spiro atoms. The van der Waals surface area contributed by atoms with Crippen molar-refractivity contribution in [3.05, 3.63) is 24.0 Å². The van der Waals surface area contributed by atoms with Crippen molar-refractivity contribution in [1.29, 1.82) is 0 Å². The molecule has 0 amide bonds. The van der Waals surface area contributed by atoms with Crippen LogP contribution in [0.25, 0.3) is 0 Å². The molecule has 1 aromatic heterocycles. The van der Waals surface area contributed by atoms with Crippen molar-refractivity contribution in [3.8, 4) is 0 Å². The standard InChI is InChI=1S/C13H24N2/c1-3-4-5-6-7-9-15-10-8-13(12-15)11-14-2/h8,10,12,14H,3-7,9,11H2,1-2H3. The van der Waals surface area contributed by atoms with Gasteiger partial charge in [0.1, 0.15) is 0 Å². The molecule has 0 aliphatic heterocycles. The Labute approximate surface area is 93.7 Å². The Bertz CT molecular complexity index is 253. The lowest BCUT2D eigenvalue weighted by molar-refractivity contribution is 0.569. The average Bonchev–Trinajstić information content (AvgIpc) is 2.66. The lowest BCUT2D eigenvalue weighted by Crippen LogP contribution is -2.04. The van der Waals surface area contributed by atoms with Gasteiger partial charge in [-0.25, -0.2) is 0 Å². The largest absolute Gasteiger partial charge is 0.354 e. The van der Waals surface area contributed by atoms with Crippen LogP contribution < -0.4 is 5.32 Å². The van der Waals surface area contributed by atoms with Gasteiger partial charge in [-0.1, -0.05) is 32.6 Å². The van der Waals surface area contributed by atoms with Gasteiger partial charge in [0.2, 0.25) is 0 Å². The molecule has 0 aromatic carbocycles. The number of hydrogen-bond donors (Lipinski definition) is 1. The predicted octanol–water partition coefficient (Wildman–Crippen LogP) is 3.18. The summed E-state index contributed by atoms with van der Waals surface area (Å²) in [6.45, 7) is 4.41. The van der Waals surface area contributed by atoms with E-state index in [-0.39, 0.29) is 0 Å². The highest BCUT2D eigenvalue weighted by molar-refractivity contribution is 5.09. The van der Waals surface area contributed by atoms with Crippen LogP contribution in [0.15, 0.2) is 18.5 Å². The van der Waals surface area contributed by atoms with Crippen LogP contribution >= 0.6 is 0 Å². The number of aryl methyl sites for hydroxylation is 1. The van der Waals surface area contributed by atoms with Gasteiger partial charge in [-0.15, -0.1) is 0 Å². The minimum Gasteiger partial charge on any atom is -0.354 e. The first kappa shape index (κ1) is 12.3. The lowest BCUT2D eigenvalue weighted by Gasteiger charge is -2.02. The second kappa shape index (κ2) is 7.52. The van der Waals surface area contributed by atoms with Crippen molar-refractivity contribution in [3.63, 3.8) is 0 Å². The molecule has 1 aromatic rings. The van der Waals surface area contributed by atoms with Gasteiger partial charge < -0.3 is 9.88 Å². The molecule has 2 nitrogen and oxygen atoms in total. The van der Waals surface area contributed by atoms with Crippen molar-refractivity contribution in [2.45, 2.75) is 52.1 Å². The molecule has 0 bridgehead atoms. The van der Waals surface area contributed by atoms with Gasteiger partial charge in [0.15, 0.2) is 0 Å². The van der Waals surface area contributed by atoms with Crippen LogP contribution in [0.2, 0.25) is 0 Å². The fraction of sp³-hybridized carbons (Fsp3) is 0.692. The van der Waals surface area contributed by atoms with E-state index in [1.165, 1.54) is 44.2 Å². The zero-order valence-electron chi connectivity index (χ0n) is 10.1. The first-order chi connectivity index (χ1) is 7.36. The van der Waals surface area contributed by atoms with Crippen LogP contribution in [0.3, 0.4) is 0 Å². The van der Waals surface area contributed by atoms with E-state index < -0.39 is 0 Å². The summed E-state index contributed by atoms with van der Waals surface area (Å²) in [4.78, 5) is 0. The number of unbranched alkanes of at least 4 members (excludes halogenated alkanes) is 4. The molecule has 0 unspecified atom stereocenters. The van der Waals surface area contributed by atoms with Gasteiger partial charge >= 0.3 is 0 Å². The Morgan fingerprint density at radius 2 is 2.00 bits per heavy atom. The molecule has 2 heteroatoms. The Hall–Kier alpha value is -0.760. The molecule has 15 heavy (non-hydrogen) atoms. The molecule has 0 saturated carbocycles. The molecule has 0 fully saturated rings. The van der Waals surface area contributed by atoms with Gasteiger partial charge in [0.05, 0.1) is 0 Å². The van der Waals surface area contributed by atoms with Crippen LogP contribution in [0, 0.1) is 0 Å². The fourth-order valence-electron chi connectivity index (χ4n) is 1.84. The monoisotopic (exact) mass is 208 g/mol. The summed E-state index contributed by atoms with van der Waals surface area (Å²) in [5, 5.41) is 3.17. The van der Waals surface area contributed by atoms with E-state index >= 15 is 0 Å². The third-order valence-electron chi connectivity index (χ3n) is 2.71. The number of nitrogens with one attached hydrogen (secondary N) is 1. The molecule has 0 radical (unpaired) electrons. The number of hydrogen-bond acceptors (Lipinski definition) is 1. The summed E-state index contributed by atoms with van der Waals surface area (Å²) in [6, 6.07) is 2.20. The van der Waals surface area contributed by atoms with Crippen molar-refractivity contribution in [2.24, 2.45) is 0 Å². The van der Waals surface area contributed by atoms with E-state index in [0.29, 0.717) is 0 Å². The highest BCUT2D eigenvalue weighted by Crippen LogP contribution is 2.06. The summed E-state index contributed by atoms with van der Waals surface area (Å²) < 4.78 is 2.30. The van der Waals surface area contributed by atoms with E-state index in [2.05, 4.69) is 35.3 Å². The Kier molecular flexibility index (Phi) is 6.17. The Morgan fingerprint density at radius 3 is 2.73 bits per heavy atom. The topological polar surface area (TPSA) is 17.0 Å². The lowest BCUT2D eigenvalue weighted by atomic mass is 10.1. The van der Waals surface area contributed by atoms with Gasteiger partial charge in [0, 0.05) is 25.5 Å². The number of aromatic nitrogens is 1. The molecule has 1 heterocycles. The Morgan fingerprint density at radius 1 is 1.20 bits per heavy atom. The summed E-state index contributed by atoms with van der Waals surface area (Å²) in [6.07, 6.45) is 11.2. The maximum absolute atomic E-state index is 3.17. The highest BCUT2D eigenvalue weighted by atomic mass is 14.9. The second-order valence-electron chi connectivity index (χ2n) is 4.20. The van der Waals surface area contributed by atoms with Gasteiger partial charge in [0.25, 0.3) is 0 Å². The molecule has 0 atom stereocenters. The molecule has 86 valence electrons. The van der Waals surface area contributed by atoms with E-state index in [0.717, 1.165) is 6.54 Å². The highest BCUT2D eigenvalue weighted by Gasteiger charge is 1.95. The third-order valence-corrected chi connectivity index (χ3v) is 2.71. The minimum atomic E-state index is 0.975. The minimum absolute atomic E-state index is 0.975. The van der Waals surface area contributed by atoms with E-state index in [4.69, 9.17) is 0 Å². The second-order valence-corrected chi connectivity index (χ2v) is 4.20. The molecule has 0 aliphatic rings. The summed E-state index contributed by atoms with van der Waals surface area (Å²) in [7, 11) is 1.99. The van der Waals surface area contributed by atoms with Crippen LogP contribution in [0.5, 0.6) is 0 Å². The fourth-order valence-corrected chi connectivity index (χ4v) is 1.84. The van der Waals surface area contributed by atoms with Crippen molar-refractivity contribution in [1.82, 2.24) is 9.88 Å². The maximum atomic E-state index is 3.17. The van der Waals surface area contributed by atoms with E-state index in [1.54, 1.807) is 0 Å². The Balaban J connectivity index is 2.14.